The van der Waals surface area contributed by atoms with Gasteiger partial charge in [0.1, 0.15) is 5.82 Å². The standard InChI is InChI=1S/C6H6FNO2S.ClH/c7-5-1-3-6(4-2-5)11(8,9)10;/h1-4H,(H2,8,9,10);1H. The summed E-state index contributed by atoms with van der Waals surface area (Å²) < 4.78 is 33.4. The summed E-state index contributed by atoms with van der Waals surface area (Å²) in [6.45, 7) is 0. The fourth-order valence-electron chi connectivity index (χ4n) is 0.624. The van der Waals surface area contributed by atoms with Gasteiger partial charge in [0, 0.05) is 0 Å². The van der Waals surface area contributed by atoms with Gasteiger partial charge < -0.3 is 0 Å². The molecule has 2 N–H and O–H groups in total. The summed E-state index contributed by atoms with van der Waals surface area (Å²) in [6.07, 6.45) is 0. The molecule has 0 amide bonds. The lowest BCUT2D eigenvalue weighted by molar-refractivity contribution is 0.596. The molecule has 68 valence electrons. The number of benzene rings is 1. The highest BCUT2D eigenvalue weighted by Gasteiger charge is 2.05. The van der Waals surface area contributed by atoms with E-state index in [-0.39, 0.29) is 17.3 Å². The van der Waals surface area contributed by atoms with Crippen LogP contribution in [-0.2, 0) is 10.0 Å². The highest BCUT2D eigenvalue weighted by molar-refractivity contribution is 7.89. The van der Waals surface area contributed by atoms with Gasteiger partial charge in [0.2, 0.25) is 10.0 Å². The monoisotopic (exact) mass is 211 g/mol. The van der Waals surface area contributed by atoms with Gasteiger partial charge >= 0.3 is 0 Å². The zero-order valence-electron chi connectivity index (χ0n) is 5.90. The Labute approximate surface area is 75.9 Å². The molecule has 0 unspecified atom stereocenters. The van der Waals surface area contributed by atoms with Crippen molar-refractivity contribution < 1.29 is 12.8 Å². The zero-order chi connectivity index (χ0) is 8.48. The summed E-state index contributed by atoms with van der Waals surface area (Å²) in [5, 5.41) is 4.76. The third-order valence-corrected chi connectivity index (χ3v) is 2.07. The molecule has 0 aliphatic carbocycles. The molecule has 6 heteroatoms. The van der Waals surface area contributed by atoms with Crippen LogP contribution < -0.4 is 5.14 Å². The second kappa shape index (κ2) is 3.84. The Morgan fingerprint density at radius 3 is 1.92 bits per heavy atom. The van der Waals surface area contributed by atoms with E-state index in [0.29, 0.717) is 0 Å². The van der Waals surface area contributed by atoms with Crippen LogP contribution in [0.25, 0.3) is 0 Å². The first kappa shape index (κ1) is 11.4. The van der Waals surface area contributed by atoms with E-state index in [9.17, 15) is 12.8 Å². The largest absolute Gasteiger partial charge is 0.238 e. The van der Waals surface area contributed by atoms with Crippen molar-refractivity contribution in [3.63, 3.8) is 0 Å². The van der Waals surface area contributed by atoms with Gasteiger partial charge in [-0.1, -0.05) is 0 Å². The summed E-state index contributed by atoms with van der Waals surface area (Å²) in [4.78, 5) is -0.0844. The average molecular weight is 212 g/mol. The molecule has 0 spiro atoms. The van der Waals surface area contributed by atoms with Crippen molar-refractivity contribution in [2.24, 2.45) is 5.14 Å². The first-order valence-corrected chi connectivity index (χ1v) is 4.33. The van der Waals surface area contributed by atoms with Crippen LogP contribution in [0, 0.1) is 5.82 Å². The van der Waals surface area contributed by atoms with Crippen LogP contribution >= 0.6 is 12.4 Å². The number of nitrogens with two attached hydrogens (primary N) is 1. The van der Waals surface area contributed by atoms with Gasteiger partial charge in [0.05, 0.1) is 4.90 Å². The maximum absolute atomic E-state index is 12.2. The molecular formula is C6H7ClFNO2S. The Morgan fingerprint density at radius 1 is 1.17 bits per heavy atom. The Kier molecular flexibility index (Phi) is 3.63. The van der Waals surface area contributed by atoms with Crippen LogP contribution in [0.4, 0.5) is 4.39 Å². The van der Waals surface area contributed by atoms with Crippen LogP contribution in [0.1, 0.15) is 0 Å². The van der Waals surface area contributed by atoms with Gasteiger partial charge in [-0.2, -0.15) is 0 Å². The number of primary sulfonamides is 1. The molecule has 0 fully saturated rings. The van der Waals surface area contributed by atoms with Gasteiger partial charge in [0.15, 0.2) is 0 Å². The van der Waals surface area contributed by atoms with Crippen molar-refractivity contribution in [1.82, 2.24) is 0 Å². The zero-order valence-corrected chi connectivity index (χ0v) is 7.53. The van der Waals surface area contributed by atoms with Crippen LogP contribution in [0.15, 0.2) is 29.2 Å². The van der Waals surface area contributed by atoms with E-state index in [4.69, 9.17) is 5.14 Å². The molecule has 1 aromatic carbocycles. The van der Waals surface area contributed by atoms with Crippen molar-refractivity contribution in [2.45, 2.75) is 4.90 Å². The molecule has 0 aliphatic rings. The van der Waals surface area contributed by atoms with Crippen LogP contribution in [0.5, 0.6) is 0 Å². The topological polar surface area (TPSA) is 60.2 Å². The number of rotatable bonds is 1. The lowest BCUT2D eigenvalue weighted by atomic mass is 10.4. The maximum Gasteiger partial charge on any atom is 0.238 e. The highest BCUT2D eigenvalue weighted by atomic mass is 35.5. The van der Waals surface area contributed by atoms with E-state index in [2.05, 4.69) is 0 Å². The minimum absolute atomic E-state index is 0. The van der Waals surface area contributed by atoms with Gasteiger partial charge in [-0.3, -0.25) is 0 Å². The van der Waals surface area contributed by atoms with Gasteiger partial charge in [0.25, 0.3) is 0 Å². The quantitative estimate of drug-likeness (QED) is 0.750. The van der Waals surface area contributed by atoms with E-state index in [1.54, 1.807) is 0 Å². The van der Waals surface area contributed by atoms with E-state index < -0.39 is 15.8 Å². The highest BCUT2D eigenvalue weighted by Crippen LogP contribution is 2.06. The third-order valence-electron chi connectivity index (χ3n) is 1.14. The summed E-state index contributed by atoms with van der Waals surface area (Å²) >= 11 is 0. The Hall–Kier alpha value is -0.650. The predicted octanol–water partition coefficient (Wildman–Crippen LogP) is 0.895. The van der Waals surface area contributed by atoms with E-state index in [0.717, 1.165) is 24.3 Å². The molecule has 0 saturated heterocycles. The molecule has 0 aliphatic heterocycles. The van der Waals surface area contributed by atoms with Crippen LogP contribution in [0.3, 0.4) is 0 Å². The van der Waals surface area contributed by atoms with E-state index >= 15 is 0 Å². The number of halogens is 2. The number of hydrogen-bond donors (Lipinski definition) is 1. The normalized spacial score (nSPS) is 10.5. The van der Waals surface area contributed by atoms with Crippen LogP contribution in [-0.4, -0.2) is 8.42 Å². The molecule has 0 aromatic heterocycles. The van der Waals surface area contributed by atoms with Crippen molar-refractivity contribution in [3.05, 3.63) is 30.1 Å². The lowest BCUT2D eigenvalue weighted by Crippen LogP contribution is -2.11. The fraction of sp³-hybridized carbons (Fsp3) is 0. The fourth-order valence-corrected chi connectivity index (χ4v) is 1.14. The van der Waals surface area contributed by atoms with E-state index in [1.807, 2.05) is 0 Å². The summed E-state index contributed by atoms with van der Waals surface area (Å²) in [6, 6.07) is 4.31. The minimum Gasteiger partial charge on any atom is -0.225 e. The van der Waals surface area contributed by atoms with Gasteiger partial charge in [-0.05, 0) is 24.3 Å². The molecule has 12 heavy (non-hydrogen) atoms. The van der Waals surface area contributed by atoms with Crippen molar-refractivity contribution in [2.75, 3.05) is 0 Å². The lowest BCUT2D eigenvalue weighted by Gasteiger charge is -1.95. The molecule has 0 radical (unpaired) electrons. The Balaban J connectivity index is 0.00000121. The minimum atomic E-state index is -3.69. The van der Waals surface area contributed by atoms with Gasteiger partial charge in [-0.15, -0.1) is 12.4 Å². The van der Waals surface area contributed by atoms with Crippen molar-refractivity contribution in [3.8, 4) is 0 Å². The molecule has 0 heterocycles. The molecule has 1 rings (SSSR count). The second-order valence-electron chi connectivity index (χ2n) is 2.00. The number of sulfonamides is 1. The first-order chi connectivity index (χ1) is 5.00. The second-order valence-corrected chi connectivity index (χ2v) is 3.56. The number of hydrogen-bond acceptors (Lipinski definition) is 2. The molecule has 0 bridgehead atoms. The van der Waals surface area contributed by atoms with E-state index in [1.165, 1.54) is 0 Å². The molecule has 0 atom stereocenters. The average Bonchev–Trinajstić information content (AvgIpc) is 1.86. The molecule has 0 saturated carbocycles. The van der Waals surface area contributed by atoms with Gasteiger partial charge in [-0.25, -0.2) is 17.9 Å². The molecule has 3 nitrogen and oxygen atoms in total. The maximum atomic E-state index is 12.2. The Bertz CT molecular complexity index is 348. The predicted molar refractivity (Wildman–Crippen MR) is 45.0 cm³/mol. The van der Waals surface area contributed by atoms with Crippen LogP contribution in [0.2, 0.25) is 0 Å². The summed E-state index contributed by atoms with van der Waals surface area (Å²) in [5.41, 5.74) is 0. The van der Waals surface area contributed by atoms with Crippen molar-refractivity contribution in [1.29, 1.82) is 0 Å². The summed E-state index contributed by atoms with van der Waals surface area (Å²) in [7, 11) is -3.69. The molecule has 1 aromatic rings. The SMILES string of the molecule is Cl.NS(=O)(=O)c1ccc(F)cc1. The molecular weight excluding hydrogens is 205 g/mol. The third kappa shape index (κ3) is 2.77. The smallest absolute Gasteiger partial charge is 0.225 e. The Morgan fingerprint density at radius 2 is 1.58 bits per heavy atom. The first-order valence-electron chi connectivity index (χ1n) is 2.78. The summed E-state index contributed by atoms with van der Waals surface area (Å²) in [5.74, 6) is -0.489. The van der Waals surface area contributed by atoms with Crippen molar-refractivity contribution >= 4 is 22.4 Å².